The fraction of sp³-hybridized carbons (Fsp3) is 0.400. The molecule has 2 aromatic heterocycles. The van der Waals surface area contributed by atoms with Crippen LogP contribution in [0.2, 0.25) is 0 Å². The fourth-order valence-corrected chi connectivity index (χ4v) is 2.77. The first kappa shape index (κ1) is 6.72. The molecule has 2 heteroatoms. The average molecular weight is 177 g/mol. The summed E-state index contributed by atoms with van der Waals surface area (Å²) in [4.78, 5) is 1.47. The second-order valence-corrected chi connectivity index (χ2v) is 4.48. The van der Waals surface area contributed by atoms with Crippen LogP contribution in [-0.2, 0) is 0 Å². The van der Waals surface area contributed by atoms with Crippen LogP contribution < -0.4 is 0 Å². The van der Waals surface area contributed by atoms with Crippen molar-refractivity contribution < 1.29 is 0 Å². The predicted molar refractivity (Wildman–Crippen MR) is 52.8 cm³/mol. The second-order valence-electron chi connectivity index (χ2n) is 3.59. The van der Waals surface area contributed by atoms with Crippen LogP contribution in [0.3, 0.4) is 0 Å². The van der Waals surface area contributed by atoms with Crippen LogP contribution in [0.1, 0.15) is 24.4 Å². The van der Waals surface area contributed by atoms with Gasteiger partial charge in [-0.15, -0.1) is 11.3 Å². The molecule has 1 aliphatic rings. The molecule has 62 valence electrons. The van der Waals surface area contributed by atoms with E-state index in [1.807, 2.05) is 11.3 Å². The summed E-state index contributed by atoms with van der Waals surface area (Å²) < 4.78 is 2.45. The number of hydrogen-bond donors (Lipinski definition) is 0. The Morgan fingerprint density at radius 1 is 1.50 bits per heavy atom. The largest absolute Gasteiger partial charge is 0.336 e. The third-order valence-corrected chi connectivity index (χ3v) is 3.50. The summed E-state index contributed by atoms with van der Waals surface area (Å²) in [7, 11) is 0. The van der Waals surface area contributed by atoms with Gasteiger partial charge in [0.05, 0.1) is 0 Å². The highest BCUT2D eigenvalue weighted by atomic mass is 32.1. The molecular formula is C10H11NS. The molecule has 1 fully saturated rings. The fourth-order valence-electron chi connectivity index (χ4n) is 1.76. The van der Waals surface area contributed by atoms with Gasteiger partial charge >= 0.3 is 0 Å². The van der Waals surface area contributed by atoms with Crippen molar-refractivity contribution >= 4 is 21.6 Å². The van der Waals surface area contributed by atoms with Gasteiger partial charge in [-0.1, -0.05) is 0 Å². The van der Waals surface area contributed by atoms with E-state index < -0.39 is 0 Å². The van der Waals surface area contributed by atoms with Crippen molar-refractivity contribution in [3.8, 4) is 0 Å². The summed E-state index contributed by atoms with van der Waals surface area (Å²) in [5.74, 6) is 0. The van der Waals surface area contributed by atoms with Crippen molar-refractivity contribution in [3.05, 3.63) is 23.2 Å². The van der Waals surface area contributed by atoms with E-state index in [-0.39, 0.29) is 0 Å². The van der Waals surface area contributed by atoms with E-state index in [1.54, 1.807) is 0 Å². The summed E-state index contributed by atoms with van der Waals surface area (Å²) >= 11 is 1.87. The van der Waals surface area contributed by atoms with Crippen molar-refractivity contribution in [1.82, 2.24) is 4.57 Å². The van der Waals surface area contributed by atoms with Gasteiger partial charge in [0.2, 0.25) is 0 Å². The van der Waals surface area contributed by atoms with Crippen molar-refractivity contribution in [2.24, 2.45) is 0 Å². The monoisotopic (exact) mass is 177 g/mol. The number of rotatable bonds is 1. The lowest BCUT2D eigenvalue weighted by molar-refractivity contribution is 0.778. The molecule has 0 radical (unpaired) electrons. The van der Waals surface area contributed by atoms with E-state index in [4.69, 9.17) is 0 Å². The van der Waals surface area contributed by atoms with Gasteiger partial charge in [0, 0.05) is 17.6 Å². The quantitative estimate of drug-likeness (QED) is 0.629. The lowest BCUT2D eigenvalue weighted by Gasteiger charge is -1.97. The molecule has 12 heavy (non-hydrogen) atoms. The molecule has 0 unspecified atom stereocenters. The molecule has 2 heterocycles. The summed E-state index contributed by atoms with van der Waals surface area (Å²) in [5, 5.41) is 3.64. The Morgan fingerprint density at radius 3 is 3.08 bits per heavy atom. The van der Waals surface area contributed by atoms with Gasteiger partial charge in [0.1, 0.15) is 4.83 Å². The van der Waals surface area contributed by atoms with Gasteiger partial charge in [-0.05, 0) is 36.8 Å². The highest BCUT2D eigenvalue weighted by Gasteiger charge is 2.25. The van der Waals surface area contributed by atoms with Gasteiger partial charge in [-0.2, -0.15) is 0 Å². The lowest BCUT2D eigenvalue weighted by atomic mass is 10.3. The summed E-state index contributed by atoms with van der Waals surface area (Å²) in [6.07, 6.45) is 5.06. The second kappa shape index (κ2) is 2.13. The zero-order valence-electron chi connectivity index (χ0n) is 7.08. The molecule has 0 spiro atoms. The molecule has 0 aromatic carbocycles. The maximum Gasteiger partial charge on any atom is 0.103 e. The molecule has 0 atom stereocenters. The van der Waals surface area contributed by atoms with Crippen LogP contribution in [0.25, 0.3) is 10.2 Å². The van der Waals surface area contributed by atoms with Gasteiger partial charge < -0.3 is 4.57 Å². The third kappa shape index (κ3) is 0.787. The first-order valence-corrected chi connectivity index (χ1v) is 5.29. The highest BCUT2D eigenvalue weighted by molar-refractivity contribution is 7.16. The van der Waals surface area contributed by atoms with Crippen LogP contribution in [-0.4, -0.2) is 4.57 Å². The smallest absolute Gasteiger partial charge is 0.103 e. The van der Waals surface area contributed by atoms with Crippen LogP contribution in [0.15, 0.2) is 17.6 Å². The van der Waals surface area contributed by atoms with E-state index in [0.717, 1.165) is 6.04 Å². The van der Waals surface area contributed by atoms with Crippen molar-refractivity contribution in [2.45, 2.75) is 25.8 Å². The third-order valence-electron chi connectivity index (χ3n) is 2.58. The van der Waals surface area contributed by atoms with Crippen molar-refractivity contribution in [1.29, 1.82) is 0 Å². The normalized spacial score (nSPS) is 17.4. The number of nitrogens with zero attached hydrogens (tertiary/aromatic N) is 1. The molecule has 0 aliphatic heterocycles. The van der Waals surface area contributed by atoms with Crippen molar-refractivity contribution in [2.75, 3.05) is 0 Å². The minimum Gasteiger partial charge on any atom is -0.336 e. The van der Waals surface area contributed by atoms with E-state index in [1.165, 1.54) is 28.6 Å². The van der Waals surface area contributed by atoms with Crippen LogP contribution in [0.4, 0.5) is 0 Å². The van der Waals surface area contributed by atoms with Gasteiger partial charge in [-0.3, -0.25) is 0 Å². The average Bonchev–Trinajstić information content (AvgIpc) is 2.68. The number of fused-ring (bicyclic) bond motifs is 1. The van der Waals surface area contributed by atoms with E-state index >= 15 is 0 Å². The Morgan fingerprint density at radius 2 is 2.33 bits per heavy atom. The SMILES string of the molecule is Cc1cn(C2CC2)c2sccc12. The predicted octanol–water partition coefficient (Wildman–Crippen LogP) is 3.35. The maximum absolute atomic E-state index is 2.45. The minimum atomic E-state index is 0.819. The van der Waals surface area contributed by atoms with Crippen molar-refractivity contribution in [3.63, 3.8) is 0 Å². The number of aryl methyl sites for hydroxylation is 1. The van der Waals surface area contributed by atoms with Crippen LogP contribution in [0.5, 0.6) is 0 Å². The number of aromatic nitrogens is 1. The standard InChI is InChI=1S/C10H11NS/c1-7-6-11(8-2-3-8)10-9(7)4-5-12-10/h4-6,8H,2-3H2,1H3. The topological polar surface area (TPSA) is 4.93 Å². The number of thiophene rings is 1. The molecule has 1 aliphatic carbocycles. The molecular weight excluding hydrogens is 166 g/mol. The Kier molecular flexibility index (Phi) is 1.20. The Balaban J connectivity index is 2.33. The Labute approximate surface area is 75.6 Å². The molecule has 2 aromatic rings. The lowest BCUT2D eigenvalue weighted by Crippen LogP contribution is -1.87. The Bertz CT molecular complexity index is 420. The van der Waals surface area contributed by atoms with E-state index in [2.05, 4.69) is 29.1 Å². The summed E-state index contributed by atoms with van der Waals surface area (Å²) in [6, 6.07) is 3.05. The van der Waals surface area contributed by atoms with Crippen LogP contribution >= 0.6 is 11.3 Å². The maximum atomic E-state index is 2.45. The molecule has 1 saturated carbocycles. The molecule has 0 saturated heterocycles. The molecule has 1 nitrogen and oxygen atoms in total. The van der Waals surface area contributed by atoms with Gasteiger partial charge in [0.15, 0.2) is 0 Å². The Hall–Kier alpha value is -0.760. The van der Waals surface area contributed by atoms with E-state index in [0.29, 0.717) is 0 Å². The van der Waals surface area contributed by atoms with Crippen LogP contribution in [0, 0.1) is 6.92 Å². The zero-order valence-corrected chi connectivity index (χ0v) is 7.90. The summed E-state index contributed by atoms with van der Waals surface area (Å²) in [6.45, 7) is 2.20. The minimum absolute atomic E-state index is 0.819. The molecule has 3 rings (SSSR count). The van der Waals surface area contributed by atoms with Gasteiger partial charge in [-0.25, -0.2) is 0 Å². The first-order valence-electron chi connectivity index (χ1n) is 4.41. The van der Waals surface area contributed by atoms with E-state index in [9.17, 15) is 0 Å². The molecule has 0 amide bonds. The molecule has 0 N–H and O–H groups in total. The summed E-state index contributed by atoms with van der Waals surface area (Å²) in [5.41, 5.74) is 1.43. The van der Waals surface area contributed by atoms with Gasteiger partial charge in [0.25, 0.3) is 0 Å². The number of hydrogen-bond acceptors (Lipinski definition) is 1. The zero-order chi connectivity index (χ0) is 8.13. The highest BCUT2D eigenvalue weighted by Crippen LogP contribution is 2.40. The molecule has 0 bridgehead atoms. The first-order chi connectivity index (χ1) is 5.86.